The van der Waals surface area contributed by atoms with Gasteiger partial charge in [-0.2, -0.15) is 0 Å². The first-order chi connectivity index (χ1) is 5.65. The van der Waals surface area contributed by atoms with Crippen LogP contribution in [0.1, 0.15) is 18.5 Å². The minimum absolute atomic E-state index is 0.343. The fourth-order valence-electron chi connectivity index (χ4n) is 0.948. The van der Waals surface area contributed by atoms with Crippen molar-refractivity contribution in [2.75, 3.05) is 7.05 Å². The normalized spacial score (nSPS) is 13.0. The number of rotatable bonds is 2. The lowest BCUT2D eigenvalue weighted by molar-refractivity contribution is 0.652. The standard InChI is InChI=1S/C9H11BrClN/c1-6(12-2)7-3-4-8(10)9(11)5-7/h3-6,12H,1-2H3/t6-/m0/s1. The highest BCUT2D eigenvalue weighted by atomic mass is 79.9. The summed E-state index contributed by atoms with van der Waals surface area (Å²) < 4.78 is 0.941. The Hall–Kier alpha value is -0.0500. The van der Waals surface area contributed by atoms with Crippen molar-refractivity contribution in [2.24, 2.45) is 0 Å². The summed E-state index contributed by atoms with van der Waals surface area (Å²) in [6.07, 6.45) is 0. The molecule has 0 unspecified atom stereocenters. The highest BCUT2D eigenvalue weighted by Gasteiger charge is 2.04. The zero-order valence-corrected chi connectivity index (χ0v) is 9.41. The number of hydrogen-bond donors (Lipinski definition) is 1. The van der Waals surface area contributed by atoms with Crippen molar-refractivity contribution >= 4 is 27.5 Å². The molecule has 1 N–H and O–H groups in total. The van der Waals surface area contributed by atoms with Crippen LogP contribution >= 0.6 is 27.5 Å². The third kappa shape index (κ3) is 2.22. The van der Waals surface area contributed by atoms with Crippen LogP contribution < -0.4 is 5.32 Å². The molecule has 0 aliphatic rings. The van der Waals surface area contributed by atoms with Gasteiger partial charge in [0.2, 0.25) is 0 Å². The fourth-order valence-corrected chi connectivity index (χ4v) is 1.38. The first kappa shape index (κ1) is 10.0. The molecule has 1 nitrogen and oxygen atoms in total. The molecule has 1 rings (SSSR count). The van der Waals surface area contributed by atoms with E-state index < -0.39 is 0 Å². The second-order valence-corrected chi connectivity index (χ2v) is 3.95. The Kier molecular flexibility index (Phi) is 3.56. The summed E-state index contributed by atoms with van der Waals surface area (Å²) in [6, 6.07) is 6.32. The molecule has 0 heterocycles. The molecule has 12 heavy (non-hydrogen) atoms. The smallest absolute Gasteiger partial charge is 0.0551 e. The molecule has 1 atom stereocenters. The number of benzene rings is 1. The molecular weight excluding hydrogens is 237 g/mol. The Morgan fingerprint density at radius 2 is 2.17 bits per heavy atom. The van der Waals surface area contributed by atoms with E-state index in [1.165, 1.54) is 5.56 Å². The number of halogens is 2. The van der Waals surface area contributed by atoms with Gasteiger partial charge in [-0.25, -0.2) is 0 Å². The van der Waals surface area contributed by atoms with Gasteiger partial charge in [0.15, 0.2) is 0 Å². The Morgan fingerprint density at radius 1 is 1.50 bits per heavy atom. The molecule has 0 fully saturated rings. The van der Waals surface area contributed by atoms with E-state index in [0.29, 0.717) is 6.04 Å². The molecule has 1 aromatic rings. The predicted octanol–water partition coefficient (Wildman–Crippen LogP) is 3.38. The highest BCUT2D eigenvalue weighted by Crippen LogP contribution is 2.25. The molecule has 66 valence electrons. The van der Waals surface area contributed by atoms with Gasteiger partial charge < -0.3 is 5.32 Å². The first-order valence-corrected chi connectivity index (χ1v) is 4.94. The average Bonchev–Trinajstić information content (AvgIpc) is 2.08. The lowest BCUT2D eigenvalue weighted by atomic mass is 10.1. The van der Waals surface area contributed by atoms with Gasteiger partial charge in [-0.05, 0) is 47.6 Å². The lowest BCUT2D eigenvalue weighted by Crippen LogP contribution is -2.11. The van der Waals surface area contributed by atoms with Crippen molar-refractivity contribution < 1.29 is 0 Å². The molecule has 0 aliphatic carbocycles. The van der Waals surface area contributed by atoms with Gasteiger partial charge in [0.05, 0.1) is 5.02 Å². The Bertz CT molecular complexity index is 275. The molecule has 0 bridgehead atoms. The van der Waals surface area contributed by atoms with Gasteiger partial charge >= 0.3 is 0 Å². The van der Waals surface area contributed by atoms with Crippen molar-refractivity contribution in [1.82, 2.24) is 5.32 Å². The monoisotopic (exact) mass is 247 g/mol. The quantitative estimate of drug-likeness (QED) is 0.846. The second-order valence-electron chi connectivity index (χ2n) is 2.68. The predicted molar refractivity (Wildman–Crippen MR) is 56.6 cm³/mol. The molecule has 1 aromatic carbocycles. The summed E-state index contributed by atoms with van der Waals surface area (Å²) in [5.74, 6) is 0. The maximum absolute atomic E-state index is 5.94. The van der Waals surface area contributed by atoms with Gasteiger partial charge in [0, 0.05) is 10.5 Å². The van der Waals surface area contributed by atoms with Gasteiger partial charge in [0.1, 0.15) is 0 Å². The first-order valence-electron chi connectivity index (χ1n) is 3.77. The van der Waals surface area contributed by atoms with Crippen LogP contribution in [0.25, 0.3) is 0 Å². The SMILES string of the molecule is CN[C@@H](C)c1ccc(Br)c(Cl)c1. The summed E-state index contributed by atoms with van der Waals surface area (Å²) >= 11 is 9.29. The van der Waals surface area contributed by atoms with E-state index in [4.69, 9.17) is 11.6 Å². The lowest BCUT2D eigenvalue weighted by Gasteiger charge is -2.10. The maximum Gasteiger partial charge on any atom is 0.0551 e. The highest BCUT2D eigenvalue weighted by molar-refractivity contribution is 9.10. The van der Waals surface area contributed by atoms with E-state index in [1.54, 1.807) is 0 Å². The van der Waals surface area contributed by atoms with Gasteiger partial charge in [-0.3, -0.25) is 0 Å². The molecule has 0 radical (unpaired) electrons. The van der Waals surface area contributed by atoms with Gasteiger partial charge in [-0.1, -0.05) is 17.7 Å². The van der Waals surface area contributed by atoms with E-state index in [-0.39, 0.29) is 0 Å². The van der Waals surface area contributed by atoms with Crippen LogP contribution in [-0.2, 0) is 0 Å². The van der Waals surface area contributed by atoms with Crippen LogP contribution in [-0.4, -0.2) is 7.05 Å². The Labute approximate surface area is 86.2 Å². The van der Waals surface area contributed by atoms with E-state index in [1.807, 2.05) is 19.2 Å². The summed E-state index contributed by atoms with van der Waals surface area (Å²) in [5.41, 5.74) is 1.20. The van der Waals surface area contributed by atoms with E-state index in [9.17, 15) is 0 Å². The summed E-state index contributed by atoms with van der Waals surface area (Å²) in [4.78, 5) is 0. The molecule has 0 saturated carbocycles. The molecular formula is C9H11BrClN. The minimum Gasteiger partial charge on any atom is -0.313 e. The summed E-state index contributed by atoms with van der Waals surface area (Å²) in [6.45, 7) is 2.10. The fraction of sp³-hybridized carbons (Fsp3) is 0.333. The molecule has 0 aliphatic heterocycles. The zero-order chi connectivity index (χ0) is 9.14. The van der Waals surface area contributed by atoms with Crippen LogP contribution in [0.15, 0.2) is 22.7 Å². The van der Waals surface area contributed by atoms with E-state index in [0.717, 1.165) is 9.50 Å². The molecule has 0 amide bonds. The van der Waals surface area contributed by atoms with Gasteiger partial charge in [-0.15, -0.1) is 0 Å². The molecule has 0 spiro atoms. The number of hydrogen-bond acceptors (Lipinski definition) is 1. The molecule has 3 heteroatoms. The topological polar surface area (TPSA) is 12.0 Å². The zero-order valence-electron chi connectivity index (χ0n) is 7.07. The molecule has 0 saturated heterocycles. The van der Waals surface area contributed by atoms with Crippen molar-refractivity contribution in [2.45, 2.75) is 13.0 Å². The van der Waals surface area contributed by atoms with Crippen LogP contribution in [0.3, 0.4) is 0 Å². The van der Waals surface area contributed by atoms with Crippen LogP contribution in [0, 0.1) is 0 Å². The second kappa shape index (κ2) is 4.26. The van der Waals surface area contributed by atoms with Crippen molar-refractivity contribution in [3.8, 4) is 0 Å². The van der Waals surface area contributed by atoms with E-state index >= 15 is 0 Å². The minimum atomic E-state index is 0.343. The largest absolute Gasteiger partial charge is 0.313 e. The van der Waals surface area contributed by atoms with Crippen LogP contribution in [0.5, 0.6) is 0 Å². The average molecular weight is 249 g/mol. The Balaban J connectivity index is 2.96. The maximum atomic E-state index is 5.94. The summed E-state index contributed by atoms with van der Waals surface area (Å²) in [7, 11) is 1.93. The van der Waals surface area contributed by atoms with E-state index in [2.05, 4.69) is 34.2 Å². The third-order valence-corrected chi connectivity index (χ3v) is 3.11. The van der Waals surface area contributed by atoms with Crippen LogP contribution in [0.2, 0.25) is 5.02 Å². The summed E-state index contributed by atoms with van der Waals surface area (Å²) in [5, 5.41) is 3.91. The van der Waals surface area contributed by atoms with Crippen molar-refractivity contribution in [3.63, 3.8) is 0 Å². The third-order valence-electron chi connectivity index (χ3n) is 1.88. The number of nitrogens with one attached hydrogen (secondary N) is 1. The van der Waals surface area contributed by atoms with Crippen molar-refractivity contribution in [3.05, 3.63) is 33.3 Å². The van der Waals surface area contributed by atoms with Gasteiger partial charge in [0.25, 0.3) is 0 Å². The van der Waals surface area contributed by atoms with Crippen LogP contribution in [0.4, 0.5) is 0 Å². The van der Waals surface area contributed by atoms with Crippen molar-refractivity contribution in [1.29, 1.82) is 0 Å². The Morgan fingerprint density at radius 3 is 2.67 bits per heavy atom. The molecule has 0 aromatic heterocycles.